The first-order valence-corrected chi connectivity index (χ1v) is 10.5. The number of likely N-dealkylation sites (N-methyl/N-ethyl adjacent to an activating group) is 1. The Labute approximate surface area is 152 Å². The summed E-state index contributed by atoms with van der Waals surface area (Å²) in [6.45, 7) is 7.88. The lowest BCUT2D eigenvalue weighted by molar-refractivity contribution is 0.584. The van der Waals surface area contributed by atoms with Crippen LogP contribution in [0.5, 0.6) is 0 Å². The molecule has 0 bridgehead atoms. The fourth-order valence-electron chi connectivity index (χ4n) is 2.38. The second kappa shape index (κ2) is 10.9. The van der Waals surface area contributed by atoms with Crippen molar-refractivity contribution in [2.45, 2.75) is 20.3 Å². The molecule has 0 fully saturated rings. The lowest BCUT2D eigenvalue weighted by Crippen LogP contribution is -2.42. The summed E-state index contributed by atoms with van der Waals surface area (Å²) in [6.07, 6.45) is 1.85. The van der Waals surface area contributed by atoms with Crippen molar-refractivity contribution < 1.29 is 8.42 Å². The molecule has 3 N–H and O–H groups in total. The minimum atomic E-state index is -3.12. The number of anilines is 1. The summed E-state index contributed by atoms with van der Waals surface area (Å²) in [7, 11) is -1.39. The van der Waals surface area contributed by atoms with Crippen LogP contribution in [0.15, 0.2) is 29.3 Å². The molecule has 0 radical (unpaired) electrons. The summed E-state index contributed by atoms with van der Waals surface area (Å²) in [5, 5.41) is 6.47. The van der Waals surface area contributed by atoms with Crippen LogP contribution in [0, 0.1) is 6.92 Å². The molecule has 7 nitrogen and oxygen atoms in total. The predicted molar refractivity (Wildman–Crippen MR) is 106 cm³/mol. The van der Waals surface area contributed by atoms with Gasteiger partial charge in [-0.1, -0.05) is 12.1 Å². The van der Waals surface area contributed by atoms with Crippen molar-refractivity contribution in [2.75, 3.05) is 50.9 Å². The number of rotatable bonds is 10. The molecule has 0 saturated heterocycles. The normalized spacial score (nSPS) is 12.1. The SMILES string of the molecule is CCN(CCNC(=NC)NCCCNS(C)(=O)=O)c1cccc(C)c1. The van der Waals surface area contributed by atoms with Crippen LogP contribution in [-0.4, -0.2) is 60.4 Å². The summed E-state index contributed by atoms with van der Waals surface area (Å²) < 4.78 is 24.4. The van der Waals surface area contributed by atoms with Gasteiger partial charge in [-0.15, -0.1) is 0 Å². The van der Waals surface area contributed by atoms with Gasteiger partial charge in [-0.2, -0.15) is 0 Å². The van der Waals surface area contributed by atoms with Crippen LogP contribution >= 0.6 is 0 Å². The van der Waals surface area contributed by atoms with E-state index in [-0.39, 0.29) is 0 Å². The van der Waals surface area contributed by atoms with Gasteiger partial charge in [0, 0.05) is 45.5 Å². The Morgan fingerprint density at radius 2 is 1.92 bits per heavy atom. The van der Waals surface area contributed by atoms with Crippen molar-refractivity contribution in [2.24, 2.45) is 4.99 Å². The number of nitrogens with zero attached hydrogens (tertiary/aromatic N) is 2. The number of aryl methyl sites for hydroxylation is 1. The predicted octanol–water partition coefficient (Wildman–Crippen LogP) is 0.926. The van der Waals surface area contributed by atoms with Crippen LogP contribution in [0.4, 0.5) is 5.69 Å². The molecule has 0 atom stereocenters. The molecule has 0 aromatic heterocycles. The third kappa shape index (κ3) is 9.31. The number of guanidine groups is 1. The van der Waals surface area contributed by atoms with Crippen LogP contribution in [0.25, 0.3) is 0 Å². The van der Waals surface area contributed by atoms with Gasteiger partial charge in [-0.3, -0.25) is 4.99 Å². The maximum atomic E-state index is 11.0. The van der Waals surface area contributed by atoms with Crippen molar-refractivity contribution in [1.29, 1.82) is 0 Å². The average molecular weight is 370 g/mol. The number of nitrogens with one attached hydrogen (secondary N) is 3. The number of aliphatic imine (C=N–C) groups is 1. The van der Waals surface area contributed by atoms with Crippen molar-refractivity contribution in [3.05, 3.63) is 29.8 Å². The number of sulfonamides is 1. The summed E-state index contributed by atoms with van der Waals surface area (Å²) in [4.78, 5) is 6.49. The monoisotopic (exact) mass is 369 g/mol. The van der Waals surface area contributed by atoms with E-state index in [1.807, 2.05) is 0 Å². The van der Waals surface area contributed by atoms with E-state index in [9.17, 15) is 8.42 Å². The second-order valence-corrected chi connectivity index (χ2v) is 7.70. The number of hydrogen-bond donors (Lipinski definition) is 3. The van der Waals surface area contributed by atoms with Crippen molar-refractivity contribution in [3.63, 3.8) is 0 Å². The van der Waals surface area contributed by atoms with E-state index in [0.29, 0.717) is 19.5 Å². The van der Waals surface area contributed by atoms with E-state index >= 15 is 0 Å². The Morgan fingerprint density at radius 1 is 1.20 bits per heavy atom. The van der Waals surface area contributed by atoms with E-state index in [2.05, 4.69) is 63.4 Å². The smallest absolute Gasteiger partial charge is 0.208 e. The van der Waals surface area contributed by atoms with Crippen LogP contribution in [0.1, 0.15) is 18.9 Å². The molecule has 1 aromatic rings. The highest BCUT2D eigenvalue weighted by molar-refractivity contribution is 7.88. The summed E-state index contributed by atoms with van der Waals surface area (Å²) in [6, 6.07) is 8.48. The zero-order valence-electron chi connectivity index (χ0n) is 15.7. The number of hydrogen-bond acceptors (Lipinski definition) is 4. The molecule has 1 rings (SSSR count). The van der Waals surface area contributed by atoms with Crippen LogP contribution < -0.4 is 20.3 Å². The lowest BCUT2D eigenvalue weighted by Gasteiger charge is -2.24. The zero-order chi connectivity index (χ0) is 18.7. The topological polar surface area (TPSA) is 85.8 Å². The minimum Gasteiger partial charge on any atom is -0.370 e. The zero-order valence-corrected chi connectivity index (χ0v) is 16.5. The van der Waals surface area contributed by atoms with Crippen LogP contribution in [0.3, 0.4) is 0 Å². The second-order valence-electron chi connectivity index (χ2n) is 5.86. The Hall–Kier alpha value is -1.80. The van der Waals surface area contributed by atoms with Gasteiger partial charge < -0.3 is 15.5 Å². The summed E-state index contributed by atoms with van der Waals surface area (Å²) >= 11 is 0. The minimum absolute atomic E-state index is 0.416. The third-order valence-electron chi connectivity index (χ3n) is 3.66. The lowest BCUT2D eigenvalue weighted by atomic mass is 10.2. The van der Waals surface area contributed by atoms with Gasteiger partial charge in [0.15, 0.2) is 5.96 Å². The van der Waals surface area contributed by atoms with Crippen molar-refractivity contribution in [3.8, 4) is 0 Å². The van der Waals surface area contributed by atoms with Gasteiger partial charge in [-0.25, -0.2) is 13.1 Å². The molecule has 0 heterocycles. The molecule has 0 spiro atoms. The molecule has 0 unspecified atom stereocenters. The molecular weight excluding hydrogens is 338 g/mol. The first-order chi connectivity index (χ1) is 11.9. The van der Waals surface area contributed by atoms with Gasteiger partial charge in [0.25, 0.3) is 0 Å². The number of benzene rings is 1. The third-order valence-corrected chi connectivity index (χ3v) is 4.39. The van der Waals surface area contributed by atoms with Crippen LogP contribution in [-0.2, 0) is 10.0 Å². The Bertz CT molecular complexity index is 646. The van der Waals surface area contributed by atoms with E-state index < -0.39 is 10.0 Å². The molecule has 0 aliphatic rings. The van der Waals surface area contributed by atoms with Gasteiger partial charge >= 0.3 is 0 Å². The summed E-state index contributed by atoms with van der Waals surface area (Å²) in [5.74, 6) is 0.722. The highest BCUT2D eigenvalue weighted by Gasteiger charge is 2.05. The maximum Gasteiger partial charge on any atom is 0.208 e. The highest BCUT2D eigenvalue weighted by Crippen LogP contribution is 2.14. The molecule has 0 aliphatic carbocycles. The molecule has 0 amide bonds. The molecule has 8 heteroatoms. The van der Waals surface area contributed by atoms with E-state index in [0.717, 1.165) is 31.8 Å². The Balaban J connectivity index is 2.32. The fourth-order valence-corrected chi connectivity index (χ4v) is 2.89. The highest BCUT2D eigenvalue weighted by atomic mass is 32.2. The molecule has 0 aliphatic heterocycles. The standard InChI is InChI=1S/C17H31N5O2S/c1-5-22(16-9-6-8-15(2)14-16)13-12-20-17(18-3)19-10-7-11-21-25(4,23)24/h6,8-9,14,21H,5,7,10-13H2,1-4H3,(H2,18,19,20). The first kappa shape index (κ1) is 21.2. The molecular formula is C17H31N5O2S. The quantitative estimate of drug-likeness (QED) is 0.324. The van der Waals surface area contributed by atoms with Gasteiger partial charge in [0.05, 0.1) is 6.26 Å². The molecule has 142 valence electrons. The first-order valence-electron chi connectivity index (χ1n) is 8.56. The van der Waals surface area contributed by atoms with Crippen molar-refractivity contribution in [1.82, 2.24) is 15.4 Å². The van der Waals surface area contributed by atoms with E-state index in [1.54, 1.807) is 7.05 Å². The summed E-state index contributed by atoms with van der Waals surface area (Å²) in [5.41, 5.74) is 2.48. The van der Waals surface area contributed by atoms with Crippen LogP contribution in [0.2, 0.25) is 0 Å². The largest absolute Gasteiger partial charge is 0.370 e. The molecule has 0 saturated carbocycles. The van der Waals surface area contributed by atoms with Crippen molar-refractivity contribution >= 4 is 21.7 Å². The Morgan fingerprint density at radius 3 is 2.52 bits per heavy atom. The van der Waals surface area contributed by atoms with Gasteiger partial charge in [0.2, 0.25) is 10.0 Å². The average Bonchev–Trinajstić information content (AvgIpc) is 2.55. The van der Waals surface area contributed by atoms with E-state index in [4.69, 9.17) is 0 Å². The molecule has 1 aromatic carbocycles. The van der Waals surface area contributed by atoms with E-state index in [1.165, 1.54) is 11.3 Å². The molecule has 25 heavy (non-hydrogen) atoms. The van der Waals surface area contributed by atoms with Gasteiger partial charge in [-0.05, 0) is 38.0 Å². The fraction of sp³-hybridized carbons (Fsp3) is 0.588. The maximum absolute atomic E-state index is 11.0. The Kier molecular flexibility index (Phi) is 9.30. The van der Waals surface area contributed by atoms with Gasteiger partial charge in [0.1, 0.15) is 0 Å².